The van der Waals surface area contributed by atoms with E-state index in [1.807, 2.05) is 7.11 Å². The molecule has 0 aliphatic heterocycles. The summed E-state index contributed by atoms with van der Waals surface area (Å²) in [4.78, 5) is 0. The summed E-state index contributed by atoms with van der Waals surface area (Å²) in [6.45, 7) is 11.0. The predicted molar refractivity (Wildman–Crippen MR) is 70.1 cm³/mol. The first-order valence-electron chi connectivity index (χ1n) is 6.19. The Labute approximate surface area is 114 Å². The smallest absolute Gasteiger partial charge is 0.582 e. The molecule has 0 aromatic rings. The Morgan fingerprint density at radius 2 is 1.50 bits per heavy atom. The average Bonchev–Trinajstić information content (AvgIpc) is 2.12. The molecule has 0 spiro atoms. The van der Waals surface area contributed by atoms with E-state index < -0.39 is 6.35 Å². The summed E-state index contributed by atoms with van der Waals surface area (Å²) in [7, 11) is 1.81. The minimum atomic E-state index is -0.923. The number of hydrogen-bond donors (Lipinski definition) is 0. The van der Waals surface area contributed by atoms with E-state index in [9.17, 15) is 0 Å². The molecule has 0 aromatic heterocycles. The summed E-state index contributed by atoms with van der Waals surface area (Å²) in [5.41, 5.74) is 0. The van der Waals surface area contributed by atoms with Crippen molar-refractivity contribution in [3.05, 3.63) is 0 Å². The van der Waals surface area contributed by atoms with Gasteiger partial charge in [0.25, 0.3) is 0 Å². The van der Waals surface area contributed by atoms with E-state index in [1.165, 1.54) is 0 Å². The summed E-state index contributed by atoms with van der Waals surface area (Å²) in [6.07, 6.45) is 2.17. The fourth-order valence-electron chi connectivity index (χ4n) is 2.28. The van der Waals surface area contributed by atoms with Crippen LogP contribution in [-0.4, -0.2) is 13.5 Å². The van der Waals surface area contributed by atoms with Gasteiger partial charge in [0.05, 0.1) is 0 Å². The average molecular weight is 216 g/mol. The van der Waals surface area contributed by atoms with Gasteiger partial charge in [0, 0.05) is 6.42 Å². The van der Waals surface area contributed by atoms with E-state index in [1.54, 1.807) is 0 Å². The molecule has 0 heterocycles. The van der Waals surface area contributed by atoms with Crippen LogP contribution in [0.15, 0.2) is 0 Å². The second-order valence-corrected chi connectivity index (χ2v) is 5.32. The third-order valence-corrected chi connectivity index (χ3v) is 2.70. The Balaban J connectivity index is 0. The molecular formula is C13H26BLiO. The number of hydrogen-bond acceptors (Lipinski definition) is 1. The van der Waals surface area contributed by atoms with Crippen molar-refractivity contribution in [2.75, 3.05) is 7.11 Å². The summed E-state index contributed by atoms with van der Waals surface area (Å²) in [5.74, 6) is 7.89. The first-order valence-corrected chi connectivity index (χ1v) is 6.19. The van der Waals surface area contributed by atoms with Gasteiger partial charge in [-0.1, -0.05) is 46.5 Å². The van der Waals surface area contributed by atoms with Crippen molar-refractivity contribution in [2.24, 2.45) is 11.8 Å². The van der Waals surface area contributed by atoms with Crippen molar-refractivity contribution < 1.29 is 23.5 Å². The van der Waals surface area contributed by atoms with Gasteiger partial charge in [-0.2, -0.15) is 0 Å². The molecule has 0 fully saturated rings. The van der Waals surface area contributed by atoms with Gasteiger partial charge in [-0.3, -0.25) is 5.82 Å². The first kappa shape index (κ1) is 18.5. The van der Waals surface area contributed by atoms with Crippen LogP contribution in [0.4, 0.5) is 0 Å². The first-order chi connectivity index (χ1) is 6.95. The molecule has 3 heteroatoms. The van der Waals surface area contributed by atoms with Crippen LogP contribution >= 0.6 is 0 Å². The van der Waals surface area contributed by atoms with E-state index in [-0.39, 0.29) is 18.9 Å². The van der Waals surface area contributed by atoms with Gasteiger partial charge in [-0.25, -0.2) is 0 Å². The van der Waals surface area contributed by atoms with E-state index >= 15 is 0 Å². The van der Waals surface area contributed by atoms with Crippen LogP contribution < -0.4 is 18.9 Å². The molecule has 0 N–H and O–H groups in total. The Morgan fingerprint density at radius 3 is 1.75 bits per heavy atom. The molecule has 0 amide bonds. The van der Waals surface area contributed by atoms with Crippen molar-refractivity contribution in [1.82, 2.24) is 0 Å². The summed E-state index contributed by atoms with van der Waals surface area (Å²) in [6, 6.07) is 0. The largest absolute Gasteiger partial charge is 1.00 e. The van der Waals surface area contributed by atoms with Crippen LogP contribution in [0.1, 0.15) is 41.0 Å². The quantitative estimate of drug-likeness (QED) is 0.489. The van der Waals surface area contributed by atoms with Crippen LogP contribution in [0.2, 0.25) is 12.6 Å². The third kappa shape index (κ3) is 7.45. The van der Waals surface area contributed by atoms with Crippen LogP contribution in [0, 0.1) is 23.6 Å². The SMILES string of the molecule is CCC#C[B-](CC(C)C)(CC(C)C)OC.[Li+]. The fourth-order valence-corrected chi connectivity index (χ4v) is 2.28. The zero-order chi connectivity index (χ0) is 11.9. The van der Waals surface area contributed by atoms with Gasteiger partial charge in [0.15, 0.2) is 6.35 Å². The Kier molecular flexibility index (Phi) is 10.7. The maximum Gasteiger partial charge on any atom is 1.00 e. The molecule has 0 radical (unpaired) electrons. The summed E-state index contributed by atoms with van der Waals surface area (Å²) < 4.78 is 5.75. The van der Waals surface area contributed by atoms with Crippen molar-refractivity contribution in [3.63, 3.8) is 0 Å². The second-order valence-electron chi connectivity index (χ2n) is 5.32. The van der Waals surface area contributed by atoms with E-state index in [0.29, 0.717) is 11.8 Å². The zero-order valence-corrected chi connectivity index (χ0v) is 12.3. The number of rotatable bonds is 5. The molecule has 0 atom stereocenters. The normalized spacial score (nSPS) is 11.0. The molecule has 0 bridgehead atoms. The van der Waals surface area contributed by atoms with Crippen molar-refractivity contribution in [3.8, 4) is 11.7 Å². The predicted octanol–water partition coefficient (Wildman–Crippen LogP) is 0.847. The van der Waals surface area contributed by atoms with Gasteiger partial charge in [-0.15, -0.1) is 18.6 Å². The molecule has 0 aliphatic carbocycles. The fraction of sp³-hybridized carbons (Fsp3) is 0.846. The molecule has 0 aromatic carbocycles. The van der Waals surface area contributed by atoms with Crippen molar-refractivity contribution in [1.29, 1.82) is 0 Å². The van der Waals surface area contributed by atoms with Crippen molar-refractivity contribution >= 4 is 6.35 Å². The summed E-state index contributed by atoms with van der Waals surface area (Å²) >= 11 is 0. The minimum absolute atomic E-state index is 0. The minimum Gasteiger partial charge on any atom is -0.582 e. The van der Waals surface area contributed by atoms with E-state index in [2.05, 4.69) is 46.4 Å². The third-order valence-electron chi connectivity index (χ3n) is 2.70. The Hall–Kier alpha value is 0.182. The zero-order valence-electron chi connectivity index (χ0n) is 12.3. The Morgan fingerprint density at radius 1 is 1.06 bits per heavy atom. The standard InChI is InChI=1S/C13H26BO.Li/c1-7-8-9-14(15-6,10-12(2)3)11-13(4)5;/h12-13H,7,10-11H2,1-6H3;/q-1;+1. The molecule has 88 valence electrons. The molecule has 16 heavy (non-hydrogen) atoms. The maximum atomic E-state index is 5.75. The van der Waals surface area contributed by atoms with Crippen LogP contribution in [0.25, 0.3) is 0 Å². The van der Waals surface area contributed by atoms with Crippen LogP contribution in [-0.2, 0) is 4.65 Å². The van der Waals surface area contributed by atoms with Crippen LogP contribution in [0.5, 0.6) is 0 Å². The second kappa shape index (κ2) is 9.24. The summed E-state index contributed by atoms with van der Waals surface area (Å²) in [5, 5.41) is 0. The van der Waals surface area contributed by atoms with Gasteiger partial charge in [0.1, 0.15) is 0 Å². The van der Waals surface area contributed by atoms with Crippen LogP contribution in [0.3, 0.4) is 0 Å². The molecule has 0 rings (SSSR count). The van der Waals surface area contributed by atoms with Gasteiger partial charge < -0.3 is 4.65 Å². The van der Waals surface area contributed by atoms with Crippen molar-refractivity contribution in [2.45, 2.75) is 53.7 Å². The monoisotopic (exact) mass is 216 g/mol. The topological polar surface area (TPSA) is 9.23 Å². The van der Waals surface area contributed by atoms with E-state index in [0.717, 1.165) is 19.1 Å². The van der Waals surface area contributed by atoms with Gasteiger partial charge in [-0.05, 0) is 7.11 Å². The molecule has 0 unspecified atom stereocenters. The molecule has 1 nitrogen and oxygen atoms in total. The van der Waals surface area contributed by atoms with Gasteiger partial charge >= 0.3 is 18.9 Å². The molecule has 0 saturated carbocycles. The van der Waals surface area contributed by atoms with E-state index in [4.69, 9.17) is 4.65 Å². The molecule has 0 aliphatic rings. The Bertz CT molecular complexity index is 218. The molecule has 0 saturated heterocycles. The molecular weight excluding hydrogens is 190 g/mol. The van der Waals surface area contributed by atoms with Gasteiger partial charge in [0.2, 0.25) is 0 Å². The maximum absolute atomic E-state index is 5.75.